The van der Waals surface area contributed by atoms with Gasteiger partial charge in [-0.05, 0) is 44.9 Å². The van der Waals surface area contributed by atoms with Crippen molar-refractivity contribution in [2.24, 2.45) is 0 Å². The van der Waals surface area contributed by atoms with Crippen molar-refractivity contribution in [3.05, 3.63) is 29.8 Å². The second-order valence-corrected chi connectivity index (χ2v) is 5.96. The Morgan fingerprint density at radius 1 is 1.30 bits per heavy atom. The number of anilines is 1. The molecule has 2 heterocycles. The Balaban J connectivity index is 1.86. The maximum atomic E-state index is 11.2. The number of fused-ring (bicyclic) bond motifs is 1. The summed E-state index contributed by atoms with van der Waals surface area (Å²) in [6.45, 7) is 4.44. The molecule has 2 aliphatic rings. The fourth-order valence-electron chi connectivity index (χ4n) is 3.70. The summed E-state index contributed by atoms with van der Waals surface area (Å²) in [5, 5.41) is 9.25. The number of benzene rings is 1. The summed E-state index contributed by atoms with van der Waals surface area (Å²) in [4.78, 5) is 15.9. The molecule has 0 bridgehead atoms. The molecule has 0 aliphatic carbocycles. The highest BCUT2D eigenvalue weighted by Gasteiger charge is 2.40. The first-order chi connectivity index (χ1) is 9.65. The van der Waals surface area contributed by atoms with Crippen LogP contribution in [0.4, 0.5) is 5.69 Å². The summed E-state index contributed by atoms with van der Waals surface area (Å²) in [5.74, 6) is -0.748. The summed E-state index contributed by atoms with van der Waals surface area (Å²) in [6, 6.07) is 9.11. The molecular formula is C16H22N2O2. The molecule has 108 valence electrons. The van der Waals surface area contributed by atoms with E-state index in [1.165, 1.54) is 24.9 Å². The van der Waals surface area contributed by atoms with Gasteiger partial charge in [-0.3, -0.25) is 9.69 Å². The minimum absolute atomic E-state index is 0.0953. The molecule has 2 aliphatic heterocycles. The first-order valence-corrected chi connectivity index (χ1v) is 7.44. The molecule has 4 heteroatoms. The summed E-state index contributed by atoms with van der Waals surface area (Å²) in [7, 11) is 0. The van der Waals surface area contributed by atoms with Gasteiger partial charge in [0.25, 0.3) is 0 Å². The number of hydrogen-bond acceptors (Lipinski definition) is 3. The van der Waals surface area contributed by atoms with Crippen molar-refractivity contribution in [2.75, 3.05) is 24.5 Å². The molecule has 2 fully saturated rings. The zero-order chi connectivity index (χ0) is 14.1. The Morgan fingerprint density at radius 2 is 2.05 bits per heavy atom. The Labute approximate surface area is 120 Å². The smallest absolute Gasteiger partial charge is 0.323 e. The number of aryl methyl sites for hydroxylation is 1. The van der Waals surface area contributed by atoms with Crippen molar-refractivity contribution in [1.29, 1.82) is 0 Å². The van der Waals surface area contributed by atoms with E-state index in [-0.39, 0.29) is 6.54 Å². The van der Waals surface area contributed by atoms with Crippen molar-refractivity contribution >= 4 is 11.7 Å². The number of aliphatic carboxylic acids is 1. The number of hydrogen-bond donors (Lipinski definition) is 1. The van der Waals surface area contributed by atoms with Crippen molar-refractivity contribution < 1.29 is 9.90 Å². The van der Waals surface area contributed by atoms with Gasteiger partial charge in [-0.1, -0.05) is 17.7 Å². The molecule has 2 saturated heterocycles. The van der Waals surface area contributed by atoms with Crippen LogP contribution in [0.5, 0.6) is 0 Å². The van der Waals surface area contributed by atoms with Crippen molar-refractivity contribution in [1.82, 2.24) is 4.90 Å². The van der Waals surface area contributed by atoms with Crippen molar-refractivity contribution in [2.45, 2.75) is 38.3 Å². The molecule has 3 rings (SSSR count). The Bertz CT molecular complexity index is 486. The number of rotatable bonds is 4. The van der Waals surface area contributed by atoms with Gasteiger partial charge in [0.05, 0.1) is 0 Å². The molecule has 0 amide bonds. The molecule has 4 nitrogen and oxygen atoms in total. The normalized spacial score (nSPS) is 25.6. The first kappa shape index (κ1) is 13.4. The van der Waals surface area contributed by atoms with Gasteiger partial charge in [-0.2, -0.15) is 0 Å². The van der Waals surface area contributed by atoms with Crippen LogP contribution in [-0.4, -0.2) is 47.7 Å². The van der Waals surface area contributed by atoms with Gasteiger partial charge in [-0.15, -0.1) is 0 Å². The second kappa shape index (κ2) is 5.44. The first-order valence-electron chi connectivity index (χ1n) is 7.44. The molecule has 0 spiro atoms. The van der Waals surface area contributed by atoms with E-state index in [9.17, 15) is 9.90 Å². The van der Waals surface area contributed by atoms with E-state index < -0.39 is 5.97 Å². The molecule has 0 radical (unpaired) electrons. The fourth-order valence-corrected chi connectivity index (χ4v) is 3.70. The van der Waals surface area contributed by atoms with Crippen molar-refractivity contribution in [3.63, 3.8) is 0 Å². The summed E-state index contributed by atoms with van der Waals surface area (Å²) in [5.41, 5.74) is 2.25. The molecular weight excluding hydrogens is 252 g/mol. The van der Waals surface area contributed by atoms with Gasteiger partial charge in [0.1, 0.15) is 6.54 Å². The van der Waals surface area contributed by atoms with Gasteiger partial charge in [0.15, 0.2) is 0 Å². The standard InChI is InChI=1S/C16H22N2O2/c1-12-4-6-13(7-5-12)18(11-16(19)20)15-8-10-17-9-2-3-14(15)17/h4-7,14-15H,2-3,8-11H2,1H3,(H,19,20). The minimum atomic E-state index is -0.748. The molecule has 2 unspecified atom stereocenters. The van der Waals surface area contributed by atoms with E-state index in [1.807, 2.05) is 0 Å². The number of carboxylic acid groups (broad SMARTS) is 1. The highest BCUT2D eigenvalue weighted by atomic mass is 16.4. The quantitative estimate of drug-likeness (QED) is 0.913. The summed E-state index contributed by atoms with van der Waals surface area (Å²) in [6.07, 6.45) is 3.52. The highest BCUT2D eigenvalue weighted by Crippen LogP contribution is 2.33. The van der Waals surface area contributed by atoms with E-state index in [4.69, 9.17) is 0 Å². The monoisotopic (exact) mass is 274 g/mol. The van der Waals surface area contributed by atoms with Crippen LogP contribution >= 0.6 is 0 Å². The number of nitrogens with zero attached hydrogens (tertiary/aromatic N) is 2. The molecule has 1 N–H and O–H groups in total. The SMILES string of the molecule is Cc1ccc(N(CC(=O)O)C2CCN3CCCC23)cc1. The number of carbonyl (C=O) groups is 1. The van der Waals surface area contributed by atoms with Gasteiger partial charge >= 0.3 is 5.97 Å². The maximum absolute atomic E-state index is 11.2. The van der Waals surface area contributed by atoms with Gasteiger partial charge < -0.3 is 10.0 Å². The Hall–Kier alpha value is -1.55. The van der Waals surface area contributed by atoms with E-state index in [0.717, 1.165) is 18.7 Å². The van der Waals surface area contributed by atoms with Crippen LogP contribution in [0.1, 0.15) is 24.8 Å². The molecule has 20 heavy (non-hydrogen) atoms. The third-order valence-corrected chi connectivity index (χ3v) is 4.64. The number of carboxylic acids is 1. The van der Waals surface area contributed by atoms with Crippen LogP contribution in [0.25, 0.3) is 0 Å². The molecule has 1 aromatic rings. The lowest BCUT2D eigenvalue weighted by Crippen LogP contribution is -2.45. The van der Waals surface area contributed by atoms with E-state index in [0.29, 0.717) is 12.1 Å². The largest absolute Gasteiger partial charge is 0.480 e. The topological polar surface area (TPSA) is 43.8 Å². The zero-order valence-electron chi connectivity index (χ0n) is 12.0. The summed E-state index contributed by atoms with van der Waals surface area (Å²) < 4.78 is 0. The molecule has 0 saturated carbocycles. The highest BCUT2D eigenvalue weighted by molar-refractivity contribution is 5.74. The van der Waals surface area contributed by atoms with Crippen LogP contribution < -0.4 is 4.90 Å². The maximum Gasteiger partial charge on any atom is 0.323 e. The van der Waals surface area contributed by atoms with Crippen molar-refractivity contribution in [3.8, 4) is 0 Å². The lowest BCUT2D eigenvalue weighted by atomic mass is 10.0. The van der Waals surface area contributed by atoms with Gasteiger partial charge in [0, 0.05) is 24.3 Å². The lowest BCUT2D eigenvalue weighted by Gasteiger charge is -2.33. The fraction of sp³-hybridized carbons (Fsp3) is 0.562. The van der Waals surface area contributed by atoms with Crippen LogP contribution in [-0.2, 0) is 4.79 Å². The third kappa shape index (κ3) is 2.52. The van der Waals surface area contributed by atoms with E-state index in [2.05, 4.69) is 41.0 Å². The Morgan fingerprint density at radius 3 is 2.75 bits per heavy atom. The van der Waals surface area contributed by atoms with Gasteiger partial charge in [-0.25, -0.2) is 0 Å². The zero-order valence-corrected chi connectivity index (χ0v) is 12.0. The van der Waals surface area contributed by atoms with Crippen LogP contribution in [0.2, 0.25) is 0 Å². The van der Waals surface area contributed by atoms with Crippen LogP contribution in [0, 0.1) is 6.92 Å². The minimum Gasteiger partial charge on any atom is -0.480 e. The van der Waals surface area contributed by atoms with Crippen LogP contribution in [0.3, 0.4) is 0 Å². The van der Waals surface area contributed by atoms with Crippen LogP contribution in [0.15, 0.2) is 24.3 Å². The summed E-state index contributed by atoms with van der Waals surface area (Å²) >= 11 is 0. The predicted octanol–water partition coefficient (Wildman–Crippen LogP) is 2.12. The third-order valence-electron chi connectivity index (χ3n) is 4.64. The predicted molar refractivity (Wildman–Crippen MR) is 79.2 cm³/mol. The lowest BCUT2D eigenvalue weighted by molar-refractivity contribution is -0.135. The molecule has 0 aromatic heterocycles. The average Bonchev–Trinajstić information content (AvgIpc) is 2.99. The Kier molecular flexibility index (Phi) is 3.66. The second-order valence-electron chi connectivity index (χ2n) is 5.96. The molecule has 1 aromatic carbocycles. The average molecular weight is 274 g/mol. The van der Waals surface area contributed by atoms with Gasteiger partial charge in [0.2, 0.25) is 0 Å². The molecule has 2 atom stereocenters. The van der Waals surface area contributed by atoms with E-state index in [1.54, 1.807) is 0 Å². The van der Waals surface area contributed by atoms with E-state index >= 15 is 0 Å².